The molecule has 0 fully saturated rings. The Balaban J connectivity index is 2.09. The van der Waals surface area contributed by atoms with Crippen LogP contribution in [-0.4, -0.2) is 40.6 Å². The molecule has 2 aromatic carbocycles. The number of methoxy groups -OCH3 is 2. The molecule has 3 rings (SSSR count). The van der Waals surface area contributed by atoms with Crippen molar-refractivity contribution >= 4 is 17.7 Å². The summed E-state index contributed by atoms with van der Waals surface area (Å²) in [5.41, 5.74) is 6.97. The highest BCUT2D eigenvalue weighted by molar-refractivity contribution is 7.99. The average Bonchev–Trinajstić information content (AvgIpc) is 3.10. The van der Waals surface area contributed by atoms with Crippen molar-refractivity contribution in [3.05, 3.63) is 48.5 Å². The third kappa shape index (κ3) is 3.80. The topological polar surface area (TPSA) is 92.3 Å². The molecule has 0 spiro atoms. The summed E-state index contributed by atoms with van der Waals surface area (Å²) in [5.74, 6) is 1.81. The van der Waals surface area contributed by atoms with E-state index >= 15 is 0 Å². The first-order chi connectivity index (χ1) is 12.6. The molecular weight excluding hydrogens is 352 g/mol. The maximum Gasteiger partial charge on any atom is 0.227 e. The molecule has 0 aliphatic carbocycles. The zero-order chi connectivity index (χ0) is 18.5. The summed E-state index contributed by atoms with van der Waals surface area (Å²) < 4.78 is 12.4. The van der Waals surface area contributed by atoms with Crippen LogP contribution in [0.25, 0.3) is 17.1 Å². The Morgan fingerprint density at radius 3 is 2.46 bits per heavy atom. The van der Waals surface area contributed by atoms with Crippen LogP contribution >= 0.6 is 11.8 Å². The molecule has 0 atom stereocenters. The zero-order valence-electron chi connectivity index (χ0n) is 14.4. The van der Waals surface area contributed by atoms with E-state index in [-0.39, 0.29) is 5.75 Å². The Hall–Kier alpha value is -3.00. The predicted molar refractivity (Wildman–Crippen MR) is 99.8 cm³/mol. The van der Waals surface area contributed by atoms with E-state index in [1.165, 1.54) is 11.8 Å². The summed E-state index contributed by atoms with van der Waals surface area (Å²) >= 11 is 1.24. The van der Waals surface area contributed by atoms with E-state index in [2.05, 4.69) is 10.2 Å². The van der Waals surface area contributed by atoms with Crippen LogP contribution in [0.1, 0.15) is 0 Å². The normalized spacial score (nSPS) is 10.5. The summed E-state index contributed by atoms with van der Waals surface area (Å²) in [6.07, 6.45) is 0. The van der Waals surface area contributed by atoms with Gasteiger partial charge < -0.3 is 15.2 Å². The van der Waals surface area contributed by atoms with E-state index in [1.807, 2.05) is 53.1 Å². The lowest BCUT2D eigenvalue weighted by molar-refractivity contribution is -0.115. The summed E-state index contributed by atoms with van der Waals surface area (Å²) in [5, 5.41) is 9.12. The van der Waals surface area contributed by atoms with Crippen LogP contribution in [0.4, 0.5) is 0 Å². The van der Waals surface area contributed by atoms with Crippen molar-refractivity contribution in [2.75, 3.05) is 20.0 Å². The van der Waals surface area contributed by atoms with Gasteiger partial charge >= 0.3 is 0 Å². The molecule has 1 amide bonds. The van der Waals surface area contributed by atoms with Crippen LogP contribution in [0.15, 0.2) is 53.7 Å². The second kappa shape index (κ2) is 7.92. The van der Waals surface area contributed by atoms with Crippen molar-refractivity contribution in [2.24, 2.45) is 5.73 Å². The van der Waals surface area contributed by atoms with Gasteiger partial charge in [0.15, 0.2) is 11.0 Å². The molecule has 0 aliphatic rings. The molecule has 26 heavy (non-hydrogen) atoms. The molecular formula is C18H18N4O3S. The third-order valence-corrected chi connectivity index (χ3v) is 4.59. The standard InChI is InChI=1S/C18H18N4O3S/c1-24-14-8-6-13(7-9-14)22-17(12-4-3-5-15(10-12)25-2)20-21-18(22)26-11-16(19)23/h3-10H,11H2,1-2H3,(H2,19,23). The molecule has 8 heteroatoms. The number of benzene rings is 2. The molecule has 1 aromatic heterocycles. The van der Waals surface area contributed by atoms with E-state index in [0.29, 0.717) is 11.0 Å². The molecule has 0 saturated carbocycles. The number of nitrogens with zero attached hydrogens (tertiary/aromatic N) is 3. The fourth-order valence-corrected chi connectivity index (χ4v) is 3.10. The summed E-state index contributed by atoms with van der Waals surface area (Å²) in [4.78, 5) is 11.2. The largest absolute Gasteiger partial charge is 0.497 e. The molecule has 3 aromatic rings. The van der Waals surface area contributed by atoms with E-state index in [1.54, 1.807) is 14.2 Å². The van der Waals surface area contributed by atoms with Gasteiger partial charge in [-0.15, -0.1) is 10.2 Å². The minimum atomic E-state index is -0.415. The fourth-order valence-electron chi connectivity index (χ4n) is 2.41. The van der Waals surface area contributed by atoms with Gasteiger partial charge in [-0.3, -0.25) is 9.36 Å². The number of thioether (sulfide) groups is 1. The van der Waals surface area contributed by atoms with Crippen LogP contribution in [0, 0.1) is 0 Å². The number of primary amides is 1. The van der Waals surface area contributed by atoms with E-state index < -0.39 is 5.91 Å². The van der Waals surface area contributed by atoms with Crippen molar-refractivity contribution < 1.29 is 14.3 Å². The Morgan fingerprint density at radius 1 is 1.08 bits per heavy atom. The highest BCUT2D eigenvalue weighted by atomic mass is 32.2. The zero-order valence-corrected chi connectivity index (χ0v) is 15.2. The van der Waals surface area contributed by atoms with Crippen LogP contribution < -0.4 is 15.2 Å². The number of aromatic nitrogens is 3. The van der Waals surface area contributed by atoms with Gasteiger partial charge in [-0.25, -0.2) is 0 Å². The molecule has 0 unspecified atom stereocenters. The minimum Gasteiger partial charge on any atom is -0.497 e. The lowest BCUT2D eigenvalue weighted by Gasteiger charge is -2.11. The molecule has 0 aliphatic heterocycles. The molecule has 0 bridgehead atoms. The van der Waals surface area contributed by atoms with E-state index in [9.17, 15) is 4.79 Å². The SMILES string of the molecule is COc1ccc(-n2c(SCC(N)=O)nnc2-c2cccc(OC)c2)cc1. The number of hydrogen-bond donors (Lipinski definition) is 1. The number of ether oxygens (including phenoxy) is 2. The van der Waals surface area contributed by atoms with Crippen molar-refractivity contribution in [2.45, 2.75) is 5.16 Å². The van der Waals surface area contributed by atoms with Gasteiger partial charge in [-0.05, 0) is 36.4 Å². The first-order valence-corrected chi connectivity index (χ1v) is 8.76. The van der Waals surface area contributed by atoms with Crippen molar-refractivity contribution in [3.8, 4) is 28.6 Å². The van der Waals surface area contributed by atoms with Crippen LogP contribution in [-0.2, 0) is 4.79 Å². The molecule has 1 heterocycles. The Kier molecular flexibility index (Phi) is 5.43. The van der Waals surface area contributed by atoms with E-state index in [4.69, 9.17) is 15.2 Å². The van der Waals surface area contributed by atoms with Gasteiger partial charge in [-0.2, -0.15) is 0 Å². The quantitative estimate of drug-likeness (QED) is 0.643. The molecule has 2 N–H and O–H groups in total. The predicted octanol–water partition coefficient (Wildman–Crippen LogP) is 2.53. The lowest BCUT2D eigenvalue weighted by atomic mass is 10.2. The van der Waals surface area contributed by atoms with Crippen LogP contribution in [0.2, 0.25) is 0 Å². The number of carbonyl (C=O) groups excluding carboxylic acids is 1. The summed E-state index contributed by atoms with van der Waals surface area (Å²) in [7, 11) is 3.23. The molecule has 134 valence electrons. The molecule has 7 nitrogen and oxygen atoms in total. The Labute approximate surface area is 155 Å². The van der Waals surface area contributed by atoms with Crippen molar-refractivity contribution in [1.82, 2.24) is 14.8 Å². The van der Waals surface area contributed by atoms with E-state index in [0.717, 1.165) is 22.7 Å². The van der Waals surface area contributed by atoms with Gasteiger partial charge in [0.25, 0.3) is 0 Å². The van der Waals surface area contributed by atoms with Crippen LogP contribution in [0.3, 0.4) is 0 Å². The Bertz CT molecular complexity index is 909. The monoisotopic (exact) mass is 370 g/mol. The highest BCUT2D eigenvalue weighted by Crippen LogP contribution is 2.30. The van der Waals surface area contributed by atoms with Gasteiger partial charge in [-0.1, -0.05) is 23.9 Å². The summed E-state index contributed by atoms with van der Waals surface area (Å²) in [6, 6.07) is 15.1. The number of rotatable bonds is 7. The average molecular weight is 370 g/mol. The van der Waals surface area contributed by atoms with Crippen molar-refractivity contribution in [3.63, 3.8) is 0 Å². The number of nitrogens with two attached hydrogens (primary N) is 1. The third-order valence-electron chi connectivity index (χ3n) is 3.64. The van der Waals surface area contributed by atoms with Gasteiger partial charge in [0.05, 0.1) is 20.0 Å². The smallest absolute Gasteiger partial charge is 0.227 e. The minimum absolute atomic E-state index is 0.117. The number of carbonyl (C=O) groups is 1. The summed E-state index contributed by atoms with van der Waals surface area (Å²) in [6.45, 7) is 0. The number of hydrogen-bond acceptors (Lipinski definition) is 6. The van der Waals surface area contributed by atoms with Crippen molar-refractivity contribution in [1.29, 1.82) is 0 Å². The molecule has 0 radical (unpaired) electrons. The Morgan fingerprint density at radius 2 is 1.81 bits per heavy atom. The van der Waals surface area contributed by atoms with Crippen LogP contribution in [0.5, 0.6) is 11.5 Å². The highest BCUT2D eigenvalue weighted by Gasteiger charge is 2.17. The number of amides is 1. The maximum atomic E-state index is 11.2. The van der Waals surface area contributed by atoms with Gasteiger partial charge in [0, 0.05) is 11.3 Å². The second-order valence-electron chi connectivity index (χ2n) is 5.33. The first kappa shape index (κ1) is 17.8. The second-order valence-corrected chi connectivity index (χ2v) is 6.27. The first-order valence-electron chi connectivity index (χ1n) is 7.77. The van der Waals surface area contributed by atoms with Gasteiger partial charge in [0.2, 0.25) is 5.91 Å². The lowest BCUT2D eigenvalue weighted by Crippen LogP contribution is -2.13. The maximum absolute atomic E-state index is 11.2. The molecule has 0 saturated heterocycles. The fraction of sp³-hybridized carbons (Fsp3) is 0.167. The van der Waals surface area contributed by atoms with Gasteiger partial charge in [0.1, 0.15) is 11.5 Å².